The van der Waals surface area contributed by atoms with Crippen LogP contribution in [0.5, 0.6) is 0 Å². The third kappa shape index (κ3) is 2.46. The Labute approximate surface area is 103 Å². The van der Waals surface area contributed by atoms with Crippen molar-refractivity contribution in [3.63, 3.8) is 0 Å². The Hall–Kier alpha value is -1.04. The van der Waals surface area contributed by atoms with Crippen LogP contribution in [0.15, 0.2) is 23.1 Å². The van der Waals surface area contributed by atoms with Crippen LogP contribution in [-0.2, 0) is 11.2 Å². The molecule has 0 fully saturated rings. The third-order valence-electron chi connectivity index (χ3n) is 2.81. The molecule has 2 rings (SSSR count). The summed E-state index contributed by atoms with van der Waals surface area (Å²) in [5, 5.41) is 8.69. The topological polar surface area (TPSA) is 63.6 Å². The molecule has 17 heavy (non-hydrogen) atoms. The molecular weight excluding hydrogens is 238 g/mol. The van der Waals surface area contributed by atoms with Crippen LogP contribution in [-0.4, -0.2) is 35.0 Å². The number of anilines is 1. The summed E-state index contributed by atoms with van der Waals surface area (Å²) in [5.41, 5.74) is 1.52. The highest BCUT2D eigenvalue weighted by molar-refractivity contribution is 7.92. The van der Waals surface area contributed by atoms with E-state index in [1.165, 1.54) is 0 Å². The first-order valence-corrected chi connectivity index (χ1v) is 6.83. The highest BCUT2D eigenvalue weighted by atomic mass is 32.2. The number of hydrogen-bond acceptors (Lipinski definition) is 4. The van der Waals surface area contributed by atoms with E-state index in [0.717, 1.165) is 10.6 Å². The van der Waals surface area contributed by atoms with Crippen LogP contribution >= 0.6 is 0 Å². The molecule has 0 spiro atoms. The van der Waals surface area contributed by atoms with Crippen molar-refractivity contribution in [3.8, 4) is 0 Å². The molecule has 0 saturated carbocycles. The van der Waals surface area contributed by atoms with E-state index in [0.29, 0.717) is 24.3 Å². The van der Waals surface area contributed by atoms with Crippen LogP contribution < -0.4 is 4.90 Å². The van der Waals surface area contributed by atoms with E-state index >= 15 is 0 Å². The summed E-state index contributed by atoms with van der Waals surface area (Å²) in [6.45, 7) is 0.0192. The molecule has 1 aliphatic heterocycles. The predicted octanol–water partition coefficient (Wildman–Crippen LogP) is 1.16. The molecule has 4 nitrogen and oxygen atoms in total. The number of Topliss-reactive ketones (excluding diaryl/α,β-unsaturated/α-hetero) is 1. The maximum absolute atomic E-state index is 11.8. The first kappa shape index (κ1) is 12.4. The minimum absolute atomic E-state index is 0.00611. The van der Waals surface area contributed by atoms with Crippen LogP contribution in [0, 0.1) is 0 Å². The summed E-state index contributed by atoms with van der Waals surface area (Å²) in [7, 11) is 1.89. The van der Waals surface area contributed by atoms with Crippen LogP contribution in [0.1, 0.15) is 23.2 Å². The Morgan fingerprint density at radius 1 is 1.59 bits per heavy atom. The molecule has 1 N–H and O–H groups in total. The molecule has 5 heteroatoms. The minimum atomic E-state index is -1.04. The van der Waals surface area contributed by atoms with Gasteiger partial charge in [0.15, 0.2) is 16.6 Å². The number of carbonyl (C=O) groups excluding carboxylic acids is 1. The molecule has 1 aromatic rings. The van der Waals surface area contributed by atoms with Crippen LogP contribution in [0.2, 0.25) is 0 Å². The largest absolute Gasteiger partial charge is 0.610 e. The average molecular weight is 253 g/mol. The average Bonchev–Trinajstić information content (AvgIpc) is 2.61. The van der Waals surface area contributed by atoms with Gasteiger partial charge in [-0.3, -0.25) is 4.79 Å². The van der Waals surface area contributed by atoms with E-state index < -0.39 is 11.2 Å². The third-order valence-corrected chi connectivity index (χ3v) is 4.25. The van der Waals surface area contributed by atoms with Gasteiger partial charge < -0.3 is 14.6 Å². The van der Waals surface area contributed by atoms with Crippen LogP contribution in [0.4, 0.5) is 5.69 Å². The van der Waals surface area contributed by atoms with E-state index in [9.17, 15) is 9.35 Å². The Balaban J connectivity index is 2.22. The van der Waals surface area contributed by atoms with Crippen molar-refractivity contribution in [2.24, 2.45) is 0 Å². The van der Waals surface area contributed by atoms with Gasteiger partial charge in [-0.2, -0.15) is 0 Å². The number of aliphatic hydroxyl groups is 1. The number of hydrogen-bond donors (Lipinski definition) is 1. The number of carbonyl (C=O) groups is 1. The fraction of sp³-hybridized carbons (Fsp3) is 0.417. The molecule has 0 amide bonds. The van der Waals surface area contributed by atoms with Gasteiger partial charge in [0.1, 0.15) is 0 Å². The molecule has 92 valence electrons. The first-order chi connectivity index (χ1) is 8.13. The lowest BCUT2D eigenvalue weighted by Gasteiger charge is -2.06. The molecular formula is C12H15NO3S. The van der Waals surface area contributed by atoms with Crippen LogP contribution in [0.3, 0.4) is 0 Å². The van der Waals surface area contributed by atoms with Gasteiger partial charge in [-0.05, 0) is 18.6 Å². The summed E-state index contributed by atoms with van der Waals surface area (Å²) >= 11 is -1.04. The van der Waals surface area contributed by atoms with Gasteiger partial charge in [0.2, 0.25) is 0 Å². The molecule has 0 saturated heterocycles. The number of ketones is 1. The summed E-state index contributed by atoms with van der Waals surface area (Å²) in [4.78, 5) is 14.4. The van der Waals surface area contributed by atoms with Crippen molar-refractivity contribution < 1.29 is 14.5 Å². The fourth-order valence-corrected chi connectivity index (χ4v) is 3.23. The predicted molar refractivity (Wildman–Crippen MR) is 66.8 cm³/mol. The highest BCUT2D eigenvalue weighted by Gasteiger charge is 2.29. The van der Waals surface area contributed by atoms with E-state index in [2.05, 4.69) is 0 Å². The standard InChI is InChI=1S/C12H15NO3S/c1-13-8-17(16)12-7-9(4-5-10(12)13)11(15)3-2-6-14/h4-5,7,14H,2-3,6,8H2,1H3. The molecule has 1 atom stereocenters. The summed E-state index contributed by atoms with van der Waals surface area (Å²) in [5.74, 6) is 0.484. The molecule has 0 bridgehead atoms. The zero-order valence-corrected chi connectivity index (χ0v) is 10.5. The van der Waals surface area contributed by atoms with Crippen molar-refractivity contribution in [3.05, 3.63) is 23.8 Å². The number of fused-ring (bicyclic) bond motifs is 1. The molecule has 1 unspecified atom stereocenters. The Morgan fingerprint density at radius 2 is 2.35 bits per heavy atom. The minimum Gasteiger partial charge on any atom is -0.610 e. The normalized spacial score (nSPS) is 18.3. The summed E-state index contributed by atoms with van der Waals surface area (Å²) in [6.07, 6.45) is 0.802. The van der Waals surface area contributed by atoms with E-state index in [1.54, 1.807) is 12.1 Å². The molecule has 1 heterocycles. The number of nitrogens with zero attached hydrogens (tertiary/aromatic N) is 1. The van der Waals surface area contributed by atoms with Gasteiger partial charge in [-0.1, -0.05) is 0 Å². The Morgan fingerprint density at radius 3 is 3.06 bits per heavy atom. The molecule has 1 aliphatic rings. The van der Waals surface area contributed by atoms with Crippen molar-refractivity contribution in [2.45, 2.75) is 17.7 Å². The van der Waals surface area contributed by atoms with Gasteiger partial charge in [0.05, 0.1) is 5.69 Å². The van der Waals surface area contributed by atoms with Crippen molar-refractivity contribution in [2.75, 3.05) is 24.4 Å². The number of benzene rings is 1. The SMILES string of the molecule is CN1C[S+]([O-])c2cc(C(=O)CCCO)ccc21. The lowest BCUT2D eigenvalue weighted by molar-refractivity contribution is 0.0971. The smallest absolute Gasteiger partial charge is 0.183 e. The van der Waals surface area contributed by atoms with Crippen molar-refractivity contribution in [1.82, 2.24) is 0 Å². The van der Waals surface area contributed by atoms with Crippen LogP contribution in [0.25, 0.3) is 0 Å². The zero-order chi connectivity index (χ0) is 12.4. The van der Waals surface area contributed by atoms with E-state index in [-0.39, 0.29) is 12.4 Å². The summed E-state index contributed by atoms with van der Waals surface area (Å²) in [6, 6.07) is 5.32. The lowest BCUT2D eigenvalue weighted by Crippen LogP contribution is -2.16. The monoisotopic (exact) mass is 253 g/mol. The van der Waals surface area contributed by atoms with Gasteiger partial charge in [-0.15, -0.1) is 0 Å². The van der Waals surface area contributed by atoms with E-state index in [1.807, 2.05) is 18.0 Å². The first-order valence-electron chi connectivity index (χ1n) is 5.51. The summed E-state index contributed by atoms with van der Waals surface area (Å²) < 4.78 is 11.8. The van der Waals surface area contributed by atoms with Gasteiger partial charge in [-0.25, -0.2) is 0 Å². The highest BCUT2D eigenvalue weighted by Crippen LogP contribution is 2.33. The fourth-order valence-electron chi connectivity index (χ4n) is 1.88. The maximum Gasteiger partial charge on any atom is 0.183 e. The van der Waals surface area contributed by atoms with Gasteiger partial charge >= 0.3 is 0 Å². The second-order valence-corrected chi connectivity index (χ2v) is 5.49. The van der Waals surface area contributed by atoms with E-state index in [4.69, 9.17) is 5.11 Å². The molecule has 0 radical (unpaired) electrons. The molecule has 0 aromatic heterocycles. The van der Waals surface area contributed by atoms with Gasteiger partial charge in [0, 0.05) is 42.9 Å². The number of rotatable bonds is 4. The Bertz CT molecular complexity index is 436. The molecule has 0 aliphatic carbocycles. The van der Waals surface area contributed by atoms with Gasteiger partial charge in [0.25, 0.3) is 0 Å². The zero-order valence-electron chi connectivity index (χ0n) is 9.68. The second-order valence-electron chi connectivity index (χ2n) is 4.11. The number of aliphatic hydroxyl groups excluding tert-OH is 1. The second kappa shape index (κ2) is 5.08. The van der Waals surface area contributed by atoms with Crippen molar-refractivity contribution in [1.29, 1.82) is 0 Å². The quantitative estimate of drug-likeness (QED) is 0.646. The Kier molecular flexibility index (Phi) is 3.71. The molecule has 1 aromatic carbocycles. The van der Waals surface area contributed by atoms with Crippen molar-refractivity contribution >= 4 is 22.6 Å². The lowest BCUT2D eigenvalue weighted by atomic mass is 10.1. The maximum atomic E-state index is 11.8.